The van der Waals surface area contributed by atoms with Gasteiger partial charge in [-0.05, 0) is 109 Å². The fraction of sp³-hybridized carbons (Fsp3) is 0.550. The third kappa shape index (κ3) is 51.8. The van der Waals surface area contributed by atoms with Gasteiger partial charge in [0.05, 0.1) is 39.9 Å². The van der Waals surface area contributed by atoms with E-state index in [9.17, 15) is 19.4 Å². The number of likely N-dealkylation sites (N-methyl/N-ethyl adjacent to an activating group) is 1. The molecule has 0 saturated carbocycles. The van der Waals surface area contributed by atoms with Crippen LogP contribution in [0.4, 0.5) is 0 Å². The second-order valence-corrected chi connectivity index (χ2v) is 19.6. The molecule has 0 radical (unpaired) electrons. The van der Waals surface area contributed by atoms with Crippen LogP contribution in [-0.4, -0.2) is 73.4 Å². The van der Waals surface area contributed by atoms with Crippen LogP contribution in [0, 0.1) is 0 Å². The van der Waals surface area contributed by atoms with E-state index in [2.05, 4.69) is 165 Å². The Morgan fingerprint density at radius 3 is 1.33 bits per heavy atom. The van der Waals surface area contributed by atoms with Crippen LogP contribution in [-0.2, 0) is 18.4 Å². The molecule has 69 heavy (non-hydrogen) atoms. The molecule has 0 saturated heterocycles. The molecule has 0 aliphatic rings. The lowest BCUT2D eigenvalue weighted by Crippen LogP contribution is -2.45. The second-order valence-electron chi connectivity index (χ2n) is 18.2. The quantitative estimate of drug-likeness (QED) is 0.0243. The van der Waals surface area contributed by atoms with Crippen molar-refractivity contribution in [2.24, 2.45) is 0 Å². The van der Waals surface area contributed by atoms with Crippen molar-refractivity contribution >= 4 is 13.7 Å². The van der Waals surface area contributed by atoms with Crippen molar-refractivity contribution in [3.05, 3.63) is 158 Å². The van der Waals surface area contributed by atoms with Gasteiger partial charge in [-0.2, -0.15) is 0 Å². The largest absolute Gasteiger partial charge is 0.472 e. The maximum Gasteiger partial charge on any atom is 0.472 e. The Hall–Kier alpha value is -3.88. The van der Waals surface area contributed by atoms with E-state index in [0.29, 0.717) is 17.4 Å². The number of nitrogens with one attached hydrogen (secondary N) is 1. The fourth-order valence-electron chi connectivity index (χ4n) is 6.34. The normalized spacial score (nSPS) is 15.3. The minimum atomic E-state index is -4.36. The average molecular weight is 974 g/mol. The highest BCUT2D eigenvalue weighted by atomic mass is 31.2. The van der Waals surface area contributed by atoms with E-state index >= 15 is 0 Å². The Bertz CT molecular complexity index is 1670. The van der Waals surface area contributed by atoms with Crippen LogP contribution in [0.5, 0.6) is 0 Å². The van der Waals surface area contributed by atoms with Crippen molar-refractivity contribution in [1.82, 2.24) is 5.32 Å². The zero-order valence-corrected chi connectivity index (χ0v) is 44.9. The van der Waals surface area contributed by atoms with Crippen LogP contribution in [0.3, 0.4) is 0 Å². The van der Waals surface area contributed by atoms with Gasteiger partial charge in [0.25, 0.3) is 0 Å². The maximum atomic E-state index is 12.9. The molecular formula is C60H98N2O6P+. The number of hydrogen-bond acceptors (Lipinski definition) is 5. The van der Waals surface area contributed by atoms with Gasteiger partial charge in [-0.25, -0.2) is 4.57 Å². The van der Waals surface area contributed by atoms with Crippen molar-refractivity contribution < 1.29 is 32.9 Å². The predicted molar refractivity (Wildman–Crippen MR) is 299 cm³/mol. The highest BCUT2D eigenvalue weighted by Crippen LogP contribution is 2.43. The van der Waals surface area contributed by atoms with Crippen molar-refractivity contribution in [2.45, 2.75) is 174 Å². The van der Waals surface area contributed by atoms with Gasteiger partial charge in [-0.15, -0.1) is 0 Å². The van der Waals surface area contributed by atoms with E-state index < -0.39 is 20.0 Å². The smallest absolute Gasteiger partial charge is 0.387 e. The predicted octanol–water partition coefficient (Wildman–Crippen LogP) is 15.9. The summed E-state index contributed by atoms with van der Waals surface area (Å²) in [5, 5.41) is 13.7. The van der Waals surface area contributed by atoms with E-state index in [1.807, 2.05) is 27.2 Å². The summed E-state index contributed by atoms with van der Waals surface area (Å²) in [5.74, 6) is -0.218. The number of carbonyl (C=O) groups is 1. The molecule has 8 nitrogen and oxygen atoms in total. The summed E-state index contributed by atoms with van der Waals surface area (Å²) >= 11 is 0. The molecule has 0 bridgehead atoms. The minimum absolute atomic E-state index is 0.0426. The number of aliphatic hydroxyl groups is 1. The lowest BCUT2D eigenvalue weighted by molar-refractivity contribution is -0.870. The molecule has 0 rings (SSSR count). The van der Waals surface area contributed by atoms with Crippen molar-refractivity contribution in [3.63, 3.8) is 0 Å². The molecule has 0 aromatic rings. The number of unbranched alkanes of at least 4 members (excludes halogenated alkanes) is 8. The number of hydrogen-bond donors (Lipinski definition) is 3. The lowest BCUT2D eigenvalue weighted by Gasteiger charge is -2.25. The number of carbonyl (C=O) groups excluding carboxylic acids is 1. The standard InChI is InChI=1S/C60H97N2O6P/c1-6-8-10-12-14-16-17-18-19-20-21-22-23-24-25-26-27-28-29-30-31-32-33-34-35-36-37-38-39-40-41-42-43-44-45-46-48-50-52-54-60(64)61-58(57-68-69(65,66)67-56-55-62(3,4)5)59(63)53-51-49-47-15-13-11-9-7-2/h8,10,13-16,18-19,21-22,24-25,27-28,30-31,33-34,36-37,39-40,42-43,51,53,58-59,63H,6-7,9,11-12,17,20,23,26,29,32,35,38,41,44-50,52,54-57H2,1-5H3,(H-,61,64,65,66)/p+1/b10-8-,15-13+,16-14-,19-18-,22-21-,25-24-,28-27-,31-30-,34-33-,37-36-,40-39-,43-42-,53-51+. The van der Waals surface area contributed by atoms with E-state index in [0.717, 1.165) is 135 Å². The Labute approximate surface area is 422 Å². The van der Waals surface area contributed by atoms with Crippen molar-refractivity contribution in [1.29, 1.82) is 0 Å². The molecule has 0 aliphatic carbocycles. The molecular weight excluding hydrogens is 876 g/mol. The zero-order chi connectivity index (χ0) is 50.6. The van der Waals surface area contributed by atoms with Gasteiger partial charge in [0.1, 0.15) is 13.2 Å². The topological polar surface area (TPSA) is 105 Å². The number of phosphoric ester groups is 1. The molecule has 388 valence electrons. The van der Waals surface area contributed by atoms with Gasteiger partial charge >= 0.3 is 7.82 Å². The number of allylic oxidation sites excluding steroid dienone is 25. The third-order valence-electron chi connectivity index (χ3n) is 10.5. The number of phosphoric acid groups is 1. The molecule has 0 aliphatic heterocycles. The highest BCUT2D eigenvalue weighted by molar-refractivity contribution is 7.47. The Morgan fingerprint density at radius 2 is 0.884 bits per heavy atom. The summed E-state index contributed by atoms with van der Waals surface area (Å²) in [6.45, 7) is 4.54. The van der Waals surface area contributed by atoms with Gasteiger partial charge in [0.2, 0.25) is 5.91 Å². The van der Waals surface area contributed by atoms with Gasteiger partial charge < -0.3 is 19.8 Å². The molecule has 3 N–H and O–H groups in total. The molecule has 3 unspecified atom stereocenters. The van der Waals surface area contributed by atoms with Crippen LogP contribution in [0.25, 0.3) is 0 Å². The fourth-order valence-corrected chi connectivity index (χ4v) is 7.07. The number of amides is 1. The summed E-state index contributed by atoms with van der Waals surface area (Å²) in [6, 6.07) is -0.883. The van der Waals surface area contributed by atoms with Crippen LogP contribution >= 0.6 is 7.82 Å². The van der Waals surface area contributed by atoms with E-state index in [4.69, 9.17) is 9.05 Å². The first kappa shape index (κ1) is 65.1. The van der Waals surface area contributed by atoms with Crippen LogP contribution in [0.15, 0.2) is 158 Å². The van der Waals surface area contributed by atoms with Gasteiger partial charge in [-0.1, -0.05) is 204 Å². The second kappa shape index (κ2) is 49.1. The highest BCUT2D eigenvalue weighted by Gasteiger charge is 2.27. The summed E-state index contributed by atoms with van der Waals surface area (Å²) in [6.07, 6.45) is 78.0. The molecule has 0 aromatic heterocycles. The van der Waals surface area contributed by atoms with Gasteiger partial charge in [-0.3, -0.25) is 13.8 Å². The first-order chi connectivity index (χ1) is 33.5. The Balaban J connectivity index is 4.13. The molecule has 9 heteroatoms. The van der Waals surface area contributed by atoms with Crippen LogP contribution in [0.2, 0.25) is 0 Å². The number of aliphatic hydroxyl groups excluding tert-OH is 1. The number of quaternary nitrogens is 1. The third-order valence-corrected chi connectivity index (χ3v) is 11.5. The minimum Gasteiger partial charge on any atom is -0.387 e. The summed E-state index contributed by atoms with van der Waals surface area (Å²) in [5.41, 5.74) is 0. The summed E-state index contributed by atoms with van der Waals surface area (Å²) < 4.78 is 23.5. The zero-order valence-electron chi connectivity index (χ0n) is 44.0. The molecule has 0 spiro atoms. The summed E-state index contributed by atoms with van der Waals surface area (Å²) in [7, 11) is 1.51. The van der Waals surface area contributed by atoms with Crippen LogP contribution in [0.1, 0.15) is 162 Å². The lowest BCUT2D eigenvalue weighted by atomic mass is 10.1. The van der Waals surface area contributed by atoms with E-state index in [1.165, 1.54) is 6.42 Å². The van der Waals surface area contributed by atoms with Crippen molar-refractivity contribution in [2.75, 3.05) is 40.9 Å². The SMILES string of the molecule is CC/C=C\C/C=C\C/C=C\C/C=C\C/C=C\C/C=C\C/C=C\C/C=C\C/C=C\C/C=C\C/C=C\CCCCCCCC(=O)NC(COP(=O)(O)OCC[N+](C)(C)C)C(O)/C=C/CC/C=C/CCCC. The average Bonchev–Trinajstić information content (AvgIpc) is 3.31. The van der Waals surface area contributed by atoms with Crippen LogP contribution < -0.4 is 5.32 Å². The molecule has 3 atom stereocenters. The molecule has 0 fully saturated rings. The molecule has 0 aromatic carbocycles. The van der Waals surface area contributed by atoms with E-state index in [1.54, 1.807) is 6.08 Å². The van der Waals surface area contributed by atoms with Gasteiger partial charge in [0, 0.05) is 6.42 Å². The molecule has 0 heterocycles. The first-order valence-electron chi connectivity index (χ1n) is 26.4. The van der Waals surface area contributed by atoms with Crippen molar-refractivity contribution in [3.8, 4) is 0 Å². The van der Waals surface area contributed by atoms with Gasteiger partial charge in [0.15, 0.2) is 0 Å². The number of nitrogens with zero attached hydrogens (tertiary/aromatic N) is 1. The summed E-state index contributed by atoms with van der Waals surface area (Å²) in [4.78, 5) is 23.1. The molecule has 1 amide bonds. The first-order valence-corrected chi connectivity index (χ1v) is 27.9. The Kier molecular flexibility index (Phi) is 46.4. The maximum absolute atomic E-state index is 12.9. The monoisotopic (exact) mass is 974 g/mol. The van der Waals surface area contributed by atoms with E-state index in [-0.39, 0.29) is 19.1 Å². The number of rotatable bonds is 45. The Morgan fingerprint density at radius 1 is 0.507 bits per heavy atom.